The first-order chi connectivity index (χ1) is 9.68. The molecule has 1 aromatic heterocycles. The van der Waals surface area contributed by atoms with Crippen molar-refractivity contribution in [2.24, 2.45) is 0 Å². The fourth-order valence-corrected chi connectivity index (χ4v) is 2.38. The molecule has 6 heteroatoms. The highest BCUT2D eigenvalue weighted by Gasteiger charge is 2.23. The van der Waals surface area contributed by atoms with Crippen LogP contribution in [0.3, 0.4) is 0 Å². The van der Waals surface area contributed by atoms with Gasteiger partial charge in [0.1, 0.15) is 0 Å². The van der Waals surface area contributed by atoms with Gasteiger partial charge in [0.2, 0.25) is 5.91 Å². The van der Waals surface area contributed by atoms with Crippen LogP contribution in [0.4, 0.5) is 0 Å². The lowest BCUT2D eigenvalue weighted by atomic mass is 10.1. The highest BCUT2D eigenvalue weighted by atomic mass is 16.5. The number of rotatable bonds is 5. The lowest BCUT2D eigenvalue weighted by Crippen LogP contribution is -2.46. The van der Waals surface area contributed by atoms with Gasteiger partial charge in [-0.25, -0.2) is 0 Å². The second-order valence-corrected chi connectivity index (χ2v) is 4.79. The minimum absolute atomic E-state index is 0.0316. The molecule has 0 aliphatic carbocycles. The highest BCUT2D eigenvalue weighted by molar-refractivity contribution is 5.91. The molecule has 0 bridgehead atoms. The molecule has 1 aliphatic heterocycles. The van der Waals surface area contributed by atoms with Gasteiger partial charge in [0.25, 0.3) is 5.91 Å². The molecule has 20 heavy (non-hydrogen) atoms. The average Bonchev–Trinajstić information content (AvgIpc) is 2.98. The molecule has 1 saturated heterocycles. The van der Waals surface area contributed by atoms with Crippen molar-refractivity contribution in [2.45, 2.75) is 25.8 Å². The number of nitrogens with zero attached hydrogens (tertiary/aromatic N) is 1. The Balaban J connectivity index is 1.80. The van der Waals surface area contributed by atoms with Crippen molar-refractivity contribution in [2.75, 3.05) is 26.3 Å². The molecule has 0 unspecified atom stereocenters. The van der Waals surface area contributed by atoms with Crippen molar-refractivity contribution < 1.29 is 18.7 Å². The largest absolute Gasteiger partial charge is 0.459 e. The average molecular weight is 280 g/mol. The molecule has 2 amide bonds. The summed E-state index contributed by atoms with van der Waals surface area (Å²) < 4.78 is 10.3. The van der Waals surface area contributed by atoms with Gasteiger partial charge in [-0.05, 0) is 25.0 Å². The van der Waals surface area contributed by atoms with E-state index in [0.717, 1.165) is 12.8 Å². The topological polar surface area (TPSA) is 71.8 Å². The van der Waals surface area contributed by atoms with Crippen molar-refractivity contribution >= 4 is 11.8 Å². The second kappa shape index (κ2) is 7.09. The molecule has 1 fully saturated rings. The van der Waals surface area contributed by atoms with Gasteiger partial charge in [0, 0.05) is 39.3 Å². The van der Waals surface area contributed by atoms with Crippen LogP contribution < -0.4 is 5.32 Å². The van der Waals surface area contributed by atoms with Gasteiger partial charge >= 0.3 is 0 Å². The van der Waals surface area contributed by atoms with Crippen LogP contribution in [0.15, 0.2) is 22.8 Å². The molecule has 1 aliphatic rings. The SMILES string of the molecule is CC(=O)N(CCNC(=O)c1ccco1)C1CCOCC1. The molecule has 2 rings (SSSR count). The third-order valence-corrected chi connectivity index (χ3v) is 3.42. The van der Waals surface area contributed by atoms with Crippen LogP contribution >= 0.6 is 0 Å². The first kappa shape index (κ1) is 14.6. The van der Waals surface area contributed by atoms with Crippen LogP contribution in [0.5, 0.6) is 0 Å². The predicted molar refractivity (Wildman–Crippen MR) is 72.3 cm³/mol. The Labute approximate surface area is 118 Å². The number of hydrogen-bond acceptors (Lipinski definition) is 4. The Morgan fingerprint density at radius 2 is 2.15 bits per heavy atom. The van der Waals surface area contributed by atoms with E-state index in [0.29, 0.717) is 26.3 Å². The van der Waals surface area contributed by atoms with Crippen molar-refractivity contribution in [3.63, 3.8) is 0 Å². The molecule has 110 valence electrons. The monoisotopic (exact) mass is 280 g/mol. The fraction of sp³-hybridized carbons (Fsp3) is 0.571. The Kier molecular flexibility index (Phi) is 5.17. The van der Waals surface area contributed by atoms with Gasteiger partial charge < -0.3 is 19.4 Å². The maximum atomic E-state index is 11.7. The van der Waals surface area contributed by atoms with E-state index < -0.39 is 0 Å². The van der Waals surface area contributed by atoms with Crippen LogP contribution in [0, 0.1) is 0 Å². The highest BCUT2D eigenvalue weighted by Crippen LogP contribution is 2.14. The Hall–Kier alpha value is -1.82. The molecule has 0 aromatic carbocycles. The van der Waals surface area contributed by atoms with E-state index in [1.165, 1.54) is 6.26 Å². The third-order valence-electron chi connectivity index (χ3n) is 3.42. The summed E-state index contributed by atoms with van der Waals surface area (Å²) in [4.78, 5) is 25.2. The lowest BCUT2D eigenvalue weighted by molar-refractivity contribution is -0.132. The maximum Gasteiger partial charge on any atom is 0.287 e. The zero-order valence-electron chi connectivity index (χ0n) is 11.6. The van der Waals surface area contributed by atoms with Gasteiger partial charge in [-0.1, -0.05) is 0 Å². The molecule has 2 heterocycles. The van der Waals surface area contributed by atoms with E-state index in [9.17, 15) is 9.59 Å². The lowest BCUT2D eigenvalue weighted by Gasteiger charge is -2.33. The zero-order chi connectivity index (χ0) is 14.4. The number of amides is 2. The third kappa shape index (κ3) is 3.84. The van der Waals surface area contributed by atoms with E-state index >= 15 is 0 Å². The van der Waals surface area contributed by atoms with Gasteiger partial charge in [0.15, 0.2) is 5.76 Å². The number of nitrogens with one attached hydrogen (secondary N) is 1. The van der Waals surface area contributed by atoms with Crippen LogP contribution in [0.25, 0.3) is 0 Å². The summed E-state index contributed by atoms with van der Waals surface area (Å²) in [5.74, 6) is 0.0556. The summed E-state index contributed by atoms with van der Waals surface area (Å²) in [5, 5.41) is 2.75. The fourth-order valence-electron chi connectivity index (χ4n) is 2.38. The van der Waals surface area contributed by atoms with Crippen LogP contribution in [-0.2, 0) is 9.53 Å². The predicted octanol–water partition coefficient (Wildman–Crippen LogP) is 1.04. The normalized spacial score (nSPS) is 15.8. The first-order valence-electron chi connectivity index (χ1n) is 6.85. The van der Waals surface area contributed by atoms with Crippen molar-refractivity contribution in [3.05, 3.63) is 24.2 Å². The Morgan fingerprint density at radius 3 is 2.75 bits per heavy atom. The maximum absolute atomic E-state index is 11.7. The zero-order valence-corrected chi connectivity index (χ0v) is 11.6. The van der Waals surface area contributed by atoms with E-state index in [-0.39, 0.29) is 23.6 Å². The summed E-state index contributed by atoms with van der Waals surface area (Å²) in [6, 6.07) is 3.48. The quantitative estimate of drug-likeness (QED) is 0.874. The molecule has 0 radical (unpaired) electrons. The van der Waals surface area contributed by atoms with E-state index in [4.69, 9.17) is 9.15 Å². The van der Waals surface area contributed by atoms with Gasteiger partial charge in [0.05, 0.1) is 6.26 Å². The molecule has 1 N–H and O–H groups in total. The number of hydrogen-bond donors (Lipinski definition) is 1. The molecule has 1 aromatic rings. The van der Waals surface area contributed by atoms with Gasteiger partial charge in [-0.3, -0.25) is 9.59 Å². The number of carbonyl (C=O) groups is 2. The molecule has 0 spiro atoms. The summed E-state index contributed by atoms with van der Waals surface area (Å²) in [6.07, 6.45) is 3.16. The molecular formula is C14H20N2O4. The van der Waals surface area contributed by atoms with E-state index in [1.807, 2.05) is 4.90 Å². The molecular weight excluding hydrogens is 260 g/mol. The summed E-state index contributed by atoms with van der Waals surface area (Å²) >= 11 is 0. The Bertz CT molecular complexity index is 438. The summed E-state index contributed by atoms with van der Waals surface area (Å²) in [5.41, 5.74) is 0. The van der Waals surface area contributed by atoms with Gasteiger partial charge in [-0.15, -0.1) is 0 Å². The van der Waals surface area contributed by atoms with Crippen molar-refractivity contribution in [3.8, 4) is 0 Å². The minimum Gasteiger partial charge on any atom is -0.459 e. The molecule has 0 atom stereocenters. The molecule has 6 nitrogen and oxygen atoms in total. The number of furan rings is 1. The van der Waals surface area contributed by atoms with E-state index in [2.05, 4.69) is 5.32 Å². The summed E-state index contributed by atoms with van der Waals surface area (Å²) in [6.45, 7) is 3.85. The van der Waals surface area contributed by atoms with Crippen LogP contribution in [0.1, 0.15) is 30.3 Å². The summed E-state index contributed by atoms with van der Waals surface area (Å²) in [7, 11) is 0. The van der Waals surface area contributed by atoms with Gasteiger partial charge in [-0.2, -0.15) is 0 Å². The van der Waals surface area contributed by atoms with Crippen molar-refractivity contribution in [1.29, 1.82) is 0 Å². The van der Waals surface area contributed by atoms with E-state index in [1.54, 1.807) is 19.1 Å². The van der Waals surface area contributed by atoms with Crippen LogP contribution in [0.2, 0.25) is 0 Å². The van der Waals surface area contributed by atoms with Crippen molar-refractivity contribution in [1.82, 2.24) is 10.2 Å². The molecule has 0 saturated carbocycles. The standard InChI is InChI=1S/C14H20N2O4/c1-11(17)16(12-4-9-19-10-5-12)7-6-15-14(18)13-3-2-8-20-13/h2-3,8,12H,4-7,9-10H2,1H3,(H,15,18). The number of ether oxygens (including phenoxy) is 1. The minimum atomic E-state index is -0.259. The smallest absolute Gasteiger partial charge is 0.287 e. The van der Waals surface area contributed by atoms with Crippen LogP contribution in [-0.4, -0.2) is 49.1 Å². The second-order valence-electron chi connectivity index (χ2n) is 4.79. The Morgan fingerprint density at radius 1 is 1.40 bits per heavy atom. The first-order valence-corrected chi connectivity index (χ1v) is 6.85. The number of carbonyl (C=O) groups excluding carboxylic acids is 2.